The second kappa shape index (κ2) is 7.06. The number of nitrogens with one attached hydrogen (secondary N) is 2. The van der Waals surface area contributed by atoms with Crippen molar-refractivity contribution >= 4 is 28.5 Å². The van der Waals surface area contributed by atoms with Crippen molar-refractivity contribution in [2.24, 2.45) is 4.99 Å². The van der Waals surface area contributed by atoms with E-state index in [1.165, 1.54) is 11.8 Å². The van der Waals surface area contributed by atoms with Crippen LogP contribution in [-0.4, -0.2) is 24.1 Å². The standard InChI is InChI=1S/C16H15N3O3S/c1-23-16(17-12-5-3-2-4-6-12)19-18-15(20)11-7-8-13-14(9-11)22-10-21-13/h2-9H,10H2,1H3,(H,17,19)(H,18,20). The van der Waals surface area contributed by atoms with E-state index in [0.717, 1.165) is 5.69 Å². The molecule has 0 radical (unpaired) electrons. The van der Waals surface area contributed by atoms with Crippen LogP contribution in [0.25, 0.3) is 0 Å². The molecule has 1 amide bonds. The first-order chi connectivity index (χ1) is 11.3. The molecule has 3 rings (SSSR count). The zero-order chi connectivity index (χ0) is 16.1. The van der Waals surface area contributed by atoms with E-state index in [4.69, 9.17) is 9.47 Å². The van der Waals surface area contributed by atoms with Gasteiger partial charge in [-0.05, 0) is 36.6 Å². The number of para-hydroxylation sites is 1. The topological polar surface area (TPSA) is 72.0 Å². The number of benzene rings is 2. The van der Waals surface area contributed by atoms with E-state index in [1.807, 2.05) is 36.6 Å². The van der Waals surface area contributed by atoms with Gasteiger partial charge < -0.3 is 9.47 Å². The third-order valence-electron chi connectivity index (χ3n) is 3.10. The zero-order valence-corrected chi connectivity index (χ0v) is 13.2. The van der Waals surface area contributed by atoms with Gasteiger partial charge in [-0.2, -0.15) is 0 Å². The maximum Gasteiger partial charge on any atom is 0.269 e. The Bertz CT molecular complexity index is 735. The highest BCUT2D eigenvalue weighted by molar-refractivity contribution is 8.13. The second-order valence-corrected chi connectivity index (χ2v) is 5.40. The van der Waals surface area contributed by atoms with Gasteiger partial charge >= 0.3 is 0 Å². The first kappa shape index (κ1) is 15.2. The number of amidine groups is 1. The number of hydrazine groups is 1. The van der Waals surface area contributed by atoms with Gasteiger partial charge in [0.1, 0.15) is 0 Å². The number of aliphatic imine (C=N–C) groups is 1. The SMILES string of the molecule is CSC(=Nc1ccccc1)NNC(=O)c1ccc2c(c1)OCO2. The third-order valence-corrected chi connectivity index (χ3v) is 3.68. The summed E-state index contributed by atoms with van der Waals surface area (Å²) < 4.78 is 10.5. The molecule has 0 aromatic heterocycles. The van der Waals surface area contributed by atoms with Gasteiger partial charge in [0.05, 0.1) is 5.69 Å². The van der Waals surface area contributed by atoms with Gasteiger partial charge in [-0.3, -0.25) is 15.6 Å². The summed E-state index contributed by atoms with van der Waals surface area (Å²) in [6, 6.07) is 14.5. The number of fused-ring (bicyclic) bond motifs is 1. The lowest BCUT2D eigenvalue weighted by atomic mass is 10.2. The highest BCUT2D eigenvalue weighted by Gasteiger charge is 2.16. The molecule has 0 aliphatic carbocycles. The number of thioether (sulfide) groups is 1. The van der Waals surface area contributed by atoms with Crippen LogP contribution in [0, 0.1) is 0 Å². The van der Waals surface area contributed by atoms with E-state index in [-0.39, 0.29) is 12.7 Å². The largest absolute Gasteiger partial charge is 0.454 e. The maximum absolute atomic E-state index is 12.2. The van der Waals surface area contributed by atoms with Crippen LogP contribution in [0.2, 0.25) is 0 Å². The Hall–Kier alpha value is -2.67. The van der Waals surface area contributed by atoms with Crippen molar-refractivity contribution in [1.82, 2.24) is 10.9 Å². The molecule has 2 aromatic rings. The van der Waals surface area contributed by atoms with E-state index in [0.29, 0.717) is 22.2 Å². The molecular formula is C16H15N3O3S. The van der Waals surface area contributed by atoms with Crippen LogP contribution < -0.4 is 20.3 Å². The second-order valence-electron chi connectivity index (χ2n) is 4.60. The number of rotatable bonds is 2. The fraction of sp³-hybridized carbons (Fsp3) is 0.125. The first-order valence-corrected chi connectivity index (χ1v) is 8.12. The molecule has 0 spiro atoms. The summed E-state index contributed by atoms with van der Waals surface area (Å²) >= 11 is 1.40. The molecule has 23 heavy (non-hydrogen) atoms. The maximum atomic E-state index is 12.2. The van der Waals surface area contributed by atoms with Crippen molar-refractivity contribution in [3.05, 3.63) is 54.1 Å². The summed E-state index contributed by atoms with van der Waals surface area (Å²) in [7, 11) is 0. The van der Waals surface area contributed by atoms with Crippen molar-refractivity contribution in [3.63, 3.8) is 0 Å². The Kier molecular flexibility index (Phi) is 4.68. The van der Waals surface area contributed by atoms with E-state index in [2.05, 4.69) is 15.8 Å². The third kappa shape index (κ3) is 3.75. The molecule has 0 atom stereocenters. The molecule has 1 aliphatic heterocycles. The summed E-state index contributed by atoms with van der Waals surface area (Å²) in [5, 5.41) is 0.588. The van der Waals surface area contributed by atoms with Crippen molar-refractivity contribution in [1.29, 1.82) is 0 Å². The van der Waals surface area contributed by atoms with Crippen LogP contribution in [0.4, 0.5) is 5.69 Å². The number of amides is 1. The van der Waals surface area contributed by atoms with E-state index < -0.39 is 0 Å². The molecule has 0 saturated carbocycles. The van der Waals surface area contributed by atoms with E-state index in [9.17, 15) is 4.79 Å². The predicted molar refractivity (Wildman–Crippen MR) is 90.2 cm³/mol. The summed E-state index contributed by atoms with van der Waals surface area (Å²) in [5.41, 5.74) is 6.73. The lowest BCUT2D eigenvalue weighted by Crippen LogP contribution is -2.40. The highest BCUT2D eigenvalue weighted by Crippen LogP contribution is 2.32. The van der Waals surface area contributed by atoms with Gasteiger partial charge in [-0.1, -0.05) is 30.0 Å². The number of carbonyl (C=O) groups excluding carboxylic acids is 1. The van der Waals surface area contributed by atoms with Gasteiger partial charge in [-0.25, -0.2) is 4.99 Å². The van der Waals surface area contributed by atoms with Crippen molar-refractivity contribution < 1.29 is 14.3 Å². The molecule has 0 bridgehead atoms. The van der Waals surface area contributed by atoms with E-state index in [1.54, 1.807) is 18.2 Å². The quantitative estimate of drug-likeness (QED) is 0.503. The van der Waals surface area contributed by atoms with Gasteiger partial charge in [0.15, 0.2) is 16.7 Å². The fourth-order valence-corrected chi connectivity index (χ4v) is 2.31. The number of carbonyl (C=O) groups is 1. The summed E-state index contributed by atoms with van der Waals surface area (Å²) in [4.78, 5) is 16.6. The predicted octanol–water partition coefficient (Wildman–Crippen LogP) is 2.70. The smallest absolute Gasteiger partial charge is 0.269 e. The molecule has 0 fully saturated rings. The zero-order valence-electron chi connectivity index (χ0n) is 12.4. The van der Waals surface area contributed by atoms with Crippen LogP contribution in [0.15, 0.2) is 53.5 Å². The monoisotopic (exact) mass is 329 g/mol. The molecule has 118 valence electrons. The molecule has 7 heteroatoms. The minimum Gasteiger partial charge on any atom is -0.454 e. The number of ether oxygens (including phenoxy) is 2. The van der Waals surface area contributed by atoms with Crippen LogP contribution >= 0.6 is 11.8 Å². The van der Waals surface area contributed by atoms with Gasteiger partial charge in [0.25, 0.3) is 5.91 Å². The van der Waals surface area contributed by atoms with Crippen LogP contribution in [0.5, 0.6) is 11.5 Å². The normalized spacial score (nSPS) is 12.8. The Morgan fingerprint density at radius 1 is 1.09 bits per heavy atom. The lowest BCUT2D eigenvalue weighted by molar-refractivity contribution is 0.0944. The Balaban J connectivity index is 1.64. The summed E-state index contributed by atoms with van der Waals surface area (Å²) in [6.45, 7) is 0.180. The van der Waals surface area contributed by atoms with E-state index >= 15 is 0 Å². The molecule has 0 unspecified atom stereocenters. The molecule has 6 nitrogen and oxygen atoms in total. The minimum atomic E-state index is -0.280. The molecule has 2 N–H and O–H groups in total. The summed E-state index contributed by atoms with van der Waals surface area (Å²) in [6.07, 6.45) is 1.88. The van der Waals surface area contributed by atoms with Crippen LogP contribution in [0.1, 0.15) is 10.4 Å². The minimum absolute atomic E-state index is 0.180. The number of hydrogen-bond donors (Lipinski definition) is 2. The Morgan fingerprint density at radius 2 is 1.87 bits per heavy atom. The van der Waals surface area contributed by atoms with Crippen LogP contribution in [0.3, 0.4) is 0 Å². The Labute approximate surface area is 137 Å². The highest BCUT2D eigenvalue weighted by atomic mass is 32.2. The van der Waals surface area contributed by atoms with Gasteiger partial charge in [0, 0.05) is 5.56 Å². The average molecular weight is 329 g/mol. The Morgan fingerprint density at radius 3 is 2.65 bits per heavy atom. The van der Waals surface area contributed by atoms with Crippen molar-refractivity contribution in [3.8, 4) is 11.5 Å². The van der Waals surface area contributed by atoms with Crippen molar-refractivity contribution in [2.45, 2.75) is 0 Å². The lowest BCUT2D eigenvalue weighted by Gasteiger charge is -2.09. The molecule has 2 aromatic carbocycles. The average Bonchev–Trinajstić information content (AvgIpc) is 3.06. The molecule has 0 saturated heterocycles. The first-order valence-electron chi connectivity index (χ1n) is 6.90. The number of hydrogen-bond acceptors (Lipinski definition) is 5. The van der Waals surface area contributed by atoms with Crippen LogP contribution in [-0.2, 0) is 0 Å². The fourth-order valence-electron chi connectivity index (χ4n) is 1.96. The molecular weight excluding hydrogens is 314 g/mol. The summed E-state index contributed by atoms with van der Waals surface area (Å²) in [5.74, 6) is 0.934. The van der Waals surface area contributed by atoms with Crippen molar-refractivity contribution in [2.75, 3.05) is 13.0 Å². The molecule has 1 aliphatic rings. The van der Waals surface area contributed by atoms with Gasteiger partial charge in [-0.15, -0.1) is 0 Å². The molecule has 1 heterocycles. The number of nitrogens with zero attached hydrogens (tertiary/aromatic N) is 1. The van der Waals surface area contributed by atoms with Gasteiger partial charge in [0.2, 0.25) is 6.79 Å².